The van der Waals surface area contributed by atoms with Gasteiger partial charge in [0.05, 0.1) is 6.33 Å². The fraction of sp³-hybridized carbons (Fsp3) is 0.333. The van der Waals surface area contributed by atoms with Crippen LogP contribution >= 0.6 is 0 Å². The van der Waals surface area contributed by atoms with E-state index < -0.39 is 30.4 Å². The van der Waals surface area contributed by atoms with Crippen LogP contribution in [0.3, 0.4) is 0 Å². The molecule has 4 unspecified atom stereocenters. The van der Waals surface area contributed by atoms with Crippen molar-refractivity contribution < 1.29 is 19.7 Å². The van der Waals surface area contributed by atoms with Gasteiger partial charge in [-0.15, -0.1) is 0 Å². The molecular formula is C12H14N6O4. The average Bonchev–Trinajstić information content (AvgIpc) is 3.01. The first kappa shape index (κ1) is 14.4. The molecule has 0 saturated carbocycles. The Bertz CT molecular complexity index is 744. The quantitative estimate of drug-likeness (QED) is 0.476. The number of rotatable bonds is 3. The maximum atomic E-state index is 10.8. The van der Waals surface area contributed by atoms with Crippen molar-refractivity contribution >= 4 is 22.9 Å². The number of amides is 1. The van der Waals surface area contributed by atoms with E-state index in [9.17, 15) is 15.0 Å². The Morgan fingerprint density at radius 1 is 1.32 bits per heavy atom. The number of carbonyl (C=O) groups excluding carboxylic acids is 1. The number of aliphatic hydroxyl groups excluding tert-OH is 2. The van der Waals surface area contributed by atoms with Gasteiger partial charge >= 0.3 is 0 Å². The third-order valence-corrected chi connectivity index (χ3v) is 3.39. The van der Waals surface area contributed by atoms with E-state index in [-0.39, 0.29) is 5.82 Å². The van der Waals surface area contributed by atoms with Crippen molar-refractivity contribution in [3.63, 3.8) is 0 Å². The minimum atomic E-state index is -1.24. The number of aliphatic hydroxyl groups is 2. The van der Waals surface area contributed by atoms with Crippen LogP contribution < -0.4 is 11.5 Å². The summed E-state index contributed by atoms with van der Waals surface area (Å²) in [5.41, 5.74) is 11.4. The van der Waals surface area contributed by atoms with E-state index in [1.165, 1.54) is 23.3 Å². The van der Waals surface area contributed by atoms with Crippen LogP contribution in [-0.4, -0.2) is 54.0 Å². The second-order valence-corrected chi connectivity index (χ2v) is 4.82. The molecule has 0 spiro atoms. The van der Waals surface area contributed by atoms with E-state index in [4.69, 9.17) is 16.2 Å². The summed E-state index contributed by atoms with van der Waals surface area (Å²) in [6, 6.07) is 0. The fourth-order valence-corrected chi connectivity index (χ4v) is 2.32. The number of nitrogens with two attached hydrogens (primary N) is 2. The fourth-order valence-electron chi connectivity index (χ4n) is 2.32. The second-order valence-electron chi connectivity index (χ2n) is 4.82. The number of nitrogens with zero attached hydrogens (tertiary/aromatic N) is 4. The lowest BCUT2D eigenvalue weighted by Crippen LogP contribution is -2.30. The molecule has 1 amide bonds. The summed E-state index contributed by atoms with van der Waals surface area (Å²) in [5.74, 6) is -0.482. The Balaban J connectivity index is 1.94. The van der Waals surface area contributed by atoms with E-state index in [0.29, 0.717) is 11.2 Å². The van der Waals surface area contributed by atoms with E-state index in [2.05, 4.69) is 15.0 Å². The van der Waals surface area contributed by atoms with Crippen LogP contribution in [0.2, 0.25) is 0 Å². The van der Waals surface area contributed by atoms with Crippen molar-refractivity contribution in [2.24, 2.45) is 5.73 Å². The van der Waals surface area contributed by atoms with Crippen LogP contribution in [0, 0.1) is 0 Å². The van der Waals surface area contributed by atoms with E-state index in [1.807, 2.05) is 0 Å². The maximum Gasteiger partial charge on any atom is 0.241 e. The standard InChI is InChI=1S/C12H14N6O4/c13-6(19)2-1-5-8(20)9(21)12(22-5)18-4-17-7-10(14)15-3-16-11(7)18/h1-5,8-9,12,20-21H,(H2,13,19)(H2,14,15,16). The predicted molar refractivity (Wildman–Crippen MR) is 74.0 cm³/mol. The minimum absolute atomic E-state index is 0.196. The Labute approximate surface area is 124 Å². The molecule has 1 fully saturated rings. The molecule has 1 saturated heterocycles. The monoisotopic (exact) mass is 306 g/mol. The Kier molecular flexibility index (Phi) is 3.48. The van der Waals surface area contributed by atoms with Gasteiger partial charge in [0.1, 0.15) is 30.2 Å². The molecule has 1 aliphatic rings. The van der Waals surface area contributed by atoms with Gasteiger partial charge in [0.25, 0.3) is 0 Å². The summed E-state index contributed by atoms with van der Waals surface area (Å²) in [4.78, 5) is 22.7. The van der Waals surface area contributed by atoms with Crippen LogP contribution in [0.25, 0.3) is 11.2 Å². The highest BCUT2D eigenvalue weighted by atomic mass is 16.6. The highest BCUT2D eigenvalue weighted by molar-refractivity contribution is 5.85. The number of carbonyl (C=O) groups is 1. The number of anilines is 1. The third-order valence-electron chi connectivity index (χ3n) is 3.39. The van der Waals surface area contributed by atoms with Gasteiger partial charge < -0.3 is 26.4 Å². The van der Waals surface area contributed by atoms with Gasteiger partial charge in [-0.2, -0.15) is 0 Å². The van der Waals surface area contributed by atoms with Crippen molar-refractivity contribution in [2.45, 2.75) is 24.5 Å². The number of ether oxygens (including phenoxy) is 1. The number of imidazole rings is 1. The number of aromatic nitrogens is 4. The van der Waals surface area contributed by atoms with Crippen LogP contribution in [-0.2, 0) is 9.53 Å². The van der Waals surface area contributed by atoms with Gasteiger partial charge in [0.15, 0.2) is 17.7 Å². The minimum Gasteiger partial charge on any atom is -0.387 e. The van der Waals surface area contributed by atoms with Gasteiger partial charge in [-0.3, -0.25) is 9.36 Å². The van der Waals surface area contributed by atoms with Crippen molar-refractivity contribution in [1.29, 1.82) is 0 Å². The molecule has 3 rings (SSSR count). The predicted octanol–water partition coefficient (Wildman–Crippen LogP) is -1.93. The largest absolute Gasteiger partial charge is 0.387 e. The molecule has 10 nitrogen and oxygen atoms in total. The molecular weight excluding hydrogens is 292 g/mol. The highest BCUT2D eigenvalue weighted by Crippen LogP contribution is 2.32. The molecule has 0 radical (unpaired) electrons. The molecule has 10 heteroatoms. The van der Waals surface area contributed by atoms with Gasteiger partial charge in [0.2, 0.25) is 5.91 Å². The molecule has 0 aromatic carbocycles. The van der Waals surface area contributed by atoms with Gasteiger partial charge in [-0.25, -0.2) is 15.0 Å². The summed E-state index contributed by atoms with van der Waals surface area (Å²) in [5, 5.41) is 20.1. The molecule has 22 heavy (non-hydrogen) atoms. The lowest BCUT2D eigenvalue weighted by molar-refractivity contribution is -0.113. The summed E-state index contributed by atoms with van der Waals surface area (Å²) < 4.78 is 7.00. The second kappa shape index (κ2) is 5.33. The molecule has 3 heterocycles. The smallest absolute Gasteiger partial charge is 0.241 e. The number of nitrogen functional groups attached to an aromatic ring is 1. The maximum absolute atomic E-state index is 10.8. The van der Waals surface area contributed by atoms with Gasteiger partial charge in [-0.1, -0.05) is 0 Å². The third kappa shape index (κ3) is 2.28. The SMILES string of the molecule is NC(=O)C=CC1OC(n2cnc3c(N)ncnc32)C(O)C1O. The van der Waals surface area contributed by atoms with E-state index >= 15 is 0 Å². The lowest BCUT2D eigenvalue weighted by Gasteiger charge is -2.16. The molecule has 0 bridgehead atoms. The Morgan fingerprint density at radius 2 is 2.09 bits per heavy atom. The van der Waals surface area contributed by atoms with Gasteiger partial charge in [-0.05, 0) is 6.08 Å². The van der Waals surface area contributed by atoms with Crippen molar-refractivity contribution in [1.82, 2.24) is 19.5 Å². The van der Waals surface area contributed by atoms with Crippen LogP contribution in [0.15, 0.2) is 24.8 Å². The molecule has 0 aliphatic carbocycles. The highest BCUT2D eigenvalue weighted by Gasteiger charge is 2.43. The summed E-state index contributed by atoms with van der Waals surface area (Å²) in [7, 11) is 0. The van der Waals surface area contributed by atoms with E-state index in [0.717, 1.165) is 6.08 Å². The summed E-state index contributed by atoms with van der Waals surface area (Å²) in [6.45, 7) is 0. The number of hydrogen-bond acceptors (Lipinski definition) is 8. The van der Waals surface area contributed by atoms with Gasteiger partial charge in [0, 0.05) is 6.08 Å². The van der Waals surface area contributed by atoms with Crippen LogP contribution in [0.1, 0.15) is 6.23 Å². The number of primary amides is 1. The lowest BCUT2D eigenvalue weighted by atomic mass is 10.1. The first-order valence-corrected chi connectivity index (χ1v) is 6.41. The Hall–Kier alpha value is -2.56. The molecule has 6 N–H and O–H groups in total. The van der Waals surface area contributed by atoms with Crippen molar-refractivity contribution in [3.8, 4) is 0 Å². The number of hydrogen-bond donors (Lipinski definition) is 4. The Morgan fingerprint density at radius 3 is 2.82 bits per heavy atom. The molecule has 2 aromatic rings. The summed E-state index contributed by atoms with van der Waals surface area (Å²) >= 11 is 0. The molecule has 2 aromatic heterocycles. The number of fused-ring (bicyclic) bond motifs is 1. The van der Waals surface area contributed by atoms with E-state index in [1.54, 1.807) is 0 Å². The van der Waals surface area contributed by atoms with Crippen molar-refractivity contribution in [3.05, 3.63) is 24.8 Å². The topological polar surface area (TPSA) is 162 Å². The molecule has 116 valence electrons. The van der Waals surface area contributed by atoms with Crippen LogP contribution in [0.5, 0.6) is 0 Å². The van der Waals surface area contributed by atoms with Crippen LogP contribution in [0.4, 0.5) is 5.82 Å². The average molecular weight is 306 g/mol. The summed E-state index contributed by atoms with van der Waals surface area (Å²) in [6.07, 6.45) is 0.719. The molecule has 4 atom stereocenters. The molecule has 1 aliphatic heterocycles. The first-order chi connectivity index (χ1) is 10.5. The first-order valence-electron chi connectivity index (χ1n) is 6.41. The zero-order valence-corrected chi connectivity index (χ0v) is 11.3. The normalized spacial score (nSPS) is 28.6. The zero-order valence-electron chi connectivity index (χ0n) is 11.3. The zero-order chi connectivity index (χ0) is 15.9. The van der Waals surface area contributed by atoms with Crippen molar-refractivity contribution in [2.75, 3.05) is 5.73 Å².